The van der Waals surface area contributed by atoms with Gasteiger partial charge in [0.1, 0.15) is 5.82 Å². The van der Waals surface area contributed by atoms with Gasteiger partial charge in [0.05, 0.1) is 31.1 Å². The second-order valence-electron chi connectivity index (χ2n) is 4.51. The molecule has 1 fully saturated rings. The molecule has 5 heteroatoms. The van der Waals surface area contributed by atoms with Crippen LogP contribution >= 0.6 is 0 Å². The van der Waals surface area contributed by atoms with Crippen LogP contribution in [0.1, 0.15) is 18.6 Å². The number of halogens is 1. The van der Waals surface area contributed by atoms with Crippen molar-refractivity contribution in [3.05, 3.63) is 29.6 Å². The smallest absolute Gasteiger partial charge is 0.146 e. The average molecular weight is 255 g/mol. The molecular weight excluding hydrogens is 237 g/mol. The highest BCUT2D eigenvalue weighted by Crippen LogP contribution is 2.25. The first kappa shape index (κ1) is 13.3. The Labute approximate surface area is 106 Å². The lowest BCUT2D eigenvalue weighted by molar-refractivity contribution is 0.00340. The van der Waals surface area contributed by atoms with Crippen LogP contribution in [0.3, 0.4) is 0 Å². The molecule has 1 aromatic rings. The monoisotopic (exact) mass is 255 g/mol. The molecule has 1 heterocycles. The van der Waals surface area contributed by atoms with Gasteiger partial charge in [0.25, 0.3) is 0 Å². The van der Waals surface area contributed by atoms with Crippen LogP contribution in [-0.4, -0.2) is 42.6 Å². The van der Waals surface area contributed by atoms with Gasteiger partial charge < -0.3 is 19.8 Å². The number of benzene rings is 1. The van der Waals surface area contributed by atoms with Gasteiger partial charge in [0.15, 0.2) is 0 Å². The summed E-state index contributed by atoms with van der Waals surface area (Å²) in [5.74, 6) is -0.355. The minimum atomic E-state index is -0.677. The van der Waals surface area contributed by atoms with Gasteiger partial charge in [-0.15, -0.1) is 0 Å². The van der Waals surface area contributed by atoms with Crippen molar-refractivity contribution in [2.45, 2.75) is 19.1 Å². The zero-order valence-corrected chi connectivity index (χ0v) is 10.3. The minimum Gasteiger partial charge on any atom is -0.394 e. The van der Waals surface area contributed by atoms with E-state index in [1.807, 2.05) is 4.90 Å². The fourth-order valence-corrected chi connectivity index (χ4v) is 2.09. The number of hydrogen-bond donors (Lipinski definition) is 2. The summed E-state index contributed by atoms with van der Waals surface area (Å²) in [7, 11) is 0. The molecule has 0 saturated carbocycles. The van der Waals surface area contributed by atoms with E-state index in [1.165, 1.54) is 6.07 Å². The summed E-state index contributed by atoms with van der Waals surface area (Å²) in [5.41, 5.74) is 1.05. The van der Waals surface area contributed by atoms with E-state index in [0.717, 1.165) is 0 Å². The van der Waals surface area contributed by atoms with Gasteiger partial charge in [-0.05, 0) is 24.6 Å². The average Bonchev–Trinajstić information content (AvgIpc) is 2.38. The van der Waals surface area contributed by atoms with Crippen molar-refractivity contribution in [2.24, 2.45) is 0 Å². The van der Waals surface area contributed by atoms with E-state index in [2.05, 4.69) is 0 Å². The predicted molar refractivity (Wildman–Crippen MR) is 66.1 cm³/mol. The molecule has 4 nitrogen and oxygen atoms in total. The second-order valence-corrected chi connectivity index (χ2v) is 4.51. The van der Waals surface area contributed by atoms with Crippen molar-refractivity contribution in [1.29, 1.82) is 0 Å². The van der Waals surface area contributed by atoms with Crippen molar-refractivity contribution in [1.82, 2.24) is 0 Å². The van der Waals surface area contributed by atoms with Crippen LogP contribution in [-0.2, 0) is 4.74 Å². The molecule has 0 spiro atoms. The molecule has 1 aromatic carbocycles. The fourth-order valence-electron chi connectivity index (χ4n) is 2.09. The van der Waals surface area contributed by atoms with Crippen molar-refractivity contribution in [3.63, 3.8) is 0 Å². The maximum atomic E-state index is 14.0. The van der Waals surface area contributed by atoms with Crippen LogP contribution < -0.4 is 4.90 Å². The number of hydrogen-bond acceptors (Lipinski definition) is 4. The quantitative estimate of drug-likeness (QED) is 0.848. The van der Waals surface area contributed by atoms with Crippen LogP contribution in [0.5, 0.6) is 0 Å². The molecule has 0 amide bonds. The summed E-state index contributed by atoms with van der Waals surface area (Å²) < 4.78 is 19.3. The van der Waals surface area contributed by atoms with Crippen LogP contribution in [0.25, 0.3) is 0 Å². The maximum Gasteiger partial charge on any atom is 0.146 e. The molecule has 2 rings (SSSR count). The molecule has 0 bridgehead atoms. The van der Waals surface area contributed by atoms with Crippen molar-refractivity contribution < 1.29 is 19.3 Å². The number of aliphatic hydroxyl groups is 2. The van der Waals surface area contributed by atoms with Gasteiger partial charge in [-0.1, -0.05) is 6.07 Å². The summed E-state index contributed by atoms with van der Waals surface area (Å²) in [6.45, 7) is 3.08. The number of nitrogens with zero attached hydrogens (tertiary/aromatic N) is 1. The van der Waals surface area contributed by atoms with Crippen molar-refractivity contribution in [2.75, 3.05) is 31.2 Å². The molecule has 2 atom stereocenters. The standard InChI is InChI=1S/C13H18FNO3/c1-9(17)10-2-3-13(12(14)6-10)15-4-5-18-11(7-15)8-16/h2-3,6,9,11,16-17H,4-5,7-8H2,1H3. The van der Waals surface area contributed by atoms with E-state index >= 15 is 0 Å². The van der Waals surface area contributed by atoms with E-state index in [9.17, 15) is 9.50 Å². The Kier molecular flexibility index (Phi) is 4.16. The summed E-state index contributed by atoms with van der Waals surface area (Å²) in [5, 5.41) is 18.5. The lowest BCUT2D eigenvalue weighted by Crippen LogP contribution is -2.44. The zero-order chi connectivity index (χ0) is 13.1. The topological polar surface area (TPSA) is 52.9 Å². The van der Waals surface area contributed by atoms with E-state index in [1.54, 1.807) is 19.1 Å². The number of aliphatic hydroxyl groups excluding tert-OH is 2. The minimum absolute atomic E-state index is 0.0656. The summed E-state index contributed by atoms with van der Waals surface area (Å²) >= 11 is 0. The molecule has 0 aliphatic carbocycles. The molecule has 1 aliphatic heterocycles. The van der Waals surface area contributed by atoms with Gasteiger partial charge in [-0.2, -0.15) is 0 Å². The molecule has 2 N–H and O–H groups in total. The Balaban J connectivity index is 2.17. The number of morpholine rings is 1. The first-order valence-corrected chi connectivity index (χ1v) is 6.06. The van der Waals surface area contributed by atoms with Gasteiger partial charge in [-0.25, -0.2) is 4.39 Å². The van der Waals surface area contributed by atoms with E-state index in [0.29, 0.717) is 30.9 Å². The van der Waals surface area contributed by atoms with E-state index in [4.69, 9.17) is 9.84 Å². The van der Waals surface area contributed by atoms with Gasteiger partial charge >= 0.3 is 0 Å². The molecule has 0 radical (unpaired) electrons. The third-order valence-electron chi connectivity index (χ3n) is 3.14. The molecule has 1 aliphatic rings. The van der Waals surface area contributed by atoms with Crippen LogP contribution in [0, 0.1) is 5.82 Å². The first-order chi connectivity index (χ1) is 8.61. The number of anilines is 1. The van der Waals surface area contributed by atoms with Crippen molar-refractivity contribution in [3.8, 4) is 0 Å². The Morgan fingerprint density at radius 3 is 2.94 bits per heavy atom. The molecule has 0 aromatic heterocycles. The Morgan fingerprint density at radius 2 is 2.33 bits per heavy atom. The summed E-state index contributed by atoms with van der Waals surface area (Å²) in [4.78, 5) is 1.85. The maximum absolute atomic E-state index is 14.0. The van der Waals surface area contributed by atoms with E-state index < -0.39 is 6.10 Å². The number of ether oxygens (including phenoxy) is 1. The lowest BCUT2D eigenvalue weighted by Gasteiger charge is -2.34. The SMILES string of the molecule is CC(O)c1ccc(N2CCOC(CO)C2)c(F)c1. The third-order valence-corrected chi connectivity index (χ3v) is 3.14. The molecule has 1 saturated heterocycles. The predicted octanol–water partition coefficient (Wildman–Crippen LogP) is 1.08. The Morgan fingerprint density at radius 1 is 1.56 bits per heavy atom. The molecule has 18 heavy (non-hydrogen) atoms. The van der Waals surface area contributed by atoms with Gasteiger partial charge in [-0.3, -0.25) is 0 Å². The largest absolute Gasteiger partial charge is 0.394 e. The second kappa shape index (κ2) is 5.65. The molecule has 100 valence electrons. The highest BCUT2D eigenvalue weighted by molar-refractivity contribution is 5.50. The van der Waals surface area contributed by atoms with Crippen LogP contribution in [0.4, 0.5) is 10.1 Å². The highest BCUT2D eigenvalue weighted by Gasteiger charge is 2.22. The normalized spacial score (nSPS) is 22.0. The first-order valence-electron chi connectivity index (χ1n) is 6.06. The molecular formula is C13H18FNO3. The van der Waals surface area contributed by atoms with Gasteiger partial charge in [0, 0.05) is 13.1 Å². The van der Waals surface area contributed by atoms with Gasteiger partial charge in [0.2, 0.25) is 0 Å². The fraction of sp³-hybridized carbons (Fsp3) is 0.538. The third kappa shape index (κ3) is 2.80. The zero-order valence-electron chi connectivity index (χ0n) is 10.3. The summed E-state index contributed by atoms with van der Waals surface area (Å²) in [6, 6.07) is 4.73. The summed E-state index contributed by atoms with van der Waals surface area (Å²) in [6.07, 6.45) is -0.946. The number of rotatable bonds is 3. The van der Waals surface area contributed by atoms with Crippen molar-refractivity contribution >= 4 is 5.69 Å². The molecule has 2 unspecified atom stereocenters. The Bertz CT molecular complexity index is 411. The van der Waals surface area contributed by atoms with Crippen LogP contribution in [0.2, 0.25) is 0 Å². The lowest BCUT2D eigenvalue weighted by atomic mass is 10.1. The van der Waals surface area contributed by atoms with Crippen LogP contribution in [0.15, 0.2) is 18.2 Å². The van der Waals surface area contributed by atoms with E-state index in [-0.39, 0.29) is 18.5 Å². The Hall–Kier alpha value is -1.17. The highest BCUT2D eigenvalue weighted by atomic mass is 19.1.